The molecule has 0 rings (SSSR count). The van der Waals surface area contributed by atoms with E-state index in [1.165, 1.54) is 142 Å². The molecule has 0 heterocycles. The monoisotopic (exact) mass is 598 g/mol. The Kier molecular flexibility index (Phi) is 35.3. The van der Waals surface area contributed by atoms with Gasteiger partial charge in [-0.25, -0.2) is 0 Å². The topological polar surface area (TPSA) is 18.5 Å². The quantitative estimate of drug-likeness (QED) is 0.0719. The summed E-state index contributed by atoms with van der Waals surface area (Å²) < 4.78 is 13.7. The lowest BCUT2D eigenvalue weighted by Gasteiger charge is -2.30. The molecule has 0 unspecified atom stereocenters. The standard InChI is InChI=1S/C33H72N2O2.2ClH/c1-7-9-11-13-15-17-19-21-23-25-27-34(3,4)29-31-36-33-37-32-30-35(5,6)28-26-24-22-20-18-16-14-12-10-8-2;;/h7-33H2,1-6H3;2*1H/q+2;;/p-2. The number of nitrogens with zero attached hydrogens (tertiary/aromatic N) is 2. The molecular weight excluding hydrogens is 527 g/mol. The largest absolute Gasteiger partial charge is 1.00 e. The lowest BCUT2D eigenvalue weighted by Crippen LogP contribution is -3.00. The Morgan fingerprint density at radius 2 is 0.615 bits per heavy atom. The lowest BCUT2D eigenvalue weighted by atomic mass is 10.1. The zero-order valence-electron chi connectivity index (χ0n) is 27.6. The molecule has 0 aliphatic rings. The number of hydrogen-bond acceptors (Lipinski definition) is 2. The maximum Gasteiger partial charge on any atom is 0.147 e. The second kappa shape index (κ2) is 31.4. The van der Waals surface area contributed by atoms with Crippen LogP contribution in [-0.4, -0.2) is 83.3 Å². The summed E-state index contributed by atoms with van der Waals surface area (Å²) in [6, 6.07) is 0. The molecule has 0 aromatic heterocycles. The smallest absolute Gasteiger partial charge is 0.147 e. The zero-order chi connectivity index (χ0) is 27.5. The van der Waals surface area contributed by atoms with Gasteiger partial charge in [0.25, 0.3) is 0 Å². The highest BCUT2D eigenvalue weighted by Gasteiger charge is 2.15. The van der Waals surface area contributed by atoms with E-state index in [0.717, 1.165) is 35.3 Å². The van der Waals surface area contributed by atoms with Gasteiger partial charge in [-0.1, -0.05) is 117 Å². The molecule has 0 spiro atoms. The number of hydrogen-bond donors (Lipinski definition) is 0. The van der Waals surface area contributed by atoms with E-state index in [2.05, 4.69) is 42.0 Å². The number of ether oxygens (including phenoxy) is 2. The van der Waals surface area contributed by atoms with Crippen LogP contribution in [0.25, 0.3) is 0 Å². The average molecular weight is 600 g/mol. The van der Waals surface area contributed by atoms with Crippen LogP contribution < -0.4 is 24.8 Å². The van der Waals surface area contributed by atoms with E-state index in [9.17, 15) is 0 Å². The normalized spacial score (nSPS) is 11.8. The second-order valence-corrected chi connectivity index (χ2v) is 13.1. The number of rotatable bonds is 30. The molecule has 0 bridgehead atoms. The Hall–Kier alpha value is 0.420. The fourth-order valence-electron chi connectivity index (χ4n) is 5.08. The summed E-state index contributed by atoms with van der Waals surface area (Å²) in [7, 11) is 9.36. The van der Waals surface area contributed by atoms with E-state index in [1.807, 2.05) is 0 Å². The molecule has 0 N–H and O–H groups in total. The predicted octanol–water partition coefficient (Wildman–Crippen LogP) is 2.98. The van der Waals surface area contributed by atoms with Crippen molar-refractivity contribution in [1.82, 2.24) is 0 Å². The Morgan fingerprint density at radius 3 is 0.897 bits per heavy atom. The fraction of sp³-hybridized carbons (Fsp3) is 1.00. The highest BCUT2D eigenvalue weighted by atomic mass is 35.5. The van der Waals surface area contributed by atoms with Crippen LogP contribution in [0.1, 0.15) is 142 Å². The summed E-state index contributed by atoms with van der Waals surface area (Å²) in [5.41, 5.74) is 0. The first-order chi connectivity index (χ1) is 17.8. The first-order valence-corrected chi connectivity index (χ1v) is 16.6. The summed E-state index contributed by atoms with van der Waals surface area (Å²) >= 11 is 0. The molecule has 0 aromatic rings. The summed E-state index contributed by atoms with van der Waals surface area (Å²) in [5.74, 6) is 0. The van der Waals surface area contributed by atoms with Crippen molar-refractivity contribution in [3.8, 4) is 0 Å². The van der Waals surface area contributed by atoms with Gasteiger partial charge in [-0.05, 0) is 25.7 Å². The summed E-state index contributed by atoms with van der Waals surface area (Å²) in [5, 5.41) is 0. The minimum atomic E-state index is 0. The average Bonchev–Trinajstić information content (AvgIpc) is 2.85. The molecule has 0 saturated carbocycles. The van der Waals surface area contributed by atoms with Crippen LogP contribution in [-0.2, 0) is 9.47 Å². The van der Waals surface area contributed by atoms with E-state index < -0.39 is 0 Å². The van der Waals surface area contributed by atoms with Crippen LogP contribution in [0.5, 0.6) is 0 Å². The molecular formula is C33H72Cl2N2O2. The van der Waals surface area contributed by atoms with Crippen molar-refractivity contribution >= 4 is 0 Å². The van der Waals surface area contributed by atoms with Crippen molar-refractivity contribution in [1.29, 1.82) is 0 Å². The van der Waals surface area contributed by atoms with Crippen LogP contribution >= 0.6 is 0 Å². The van der Waals surface area contributed by atoms with Crippen molar-refractivity contribution in [3.63, 3.8) is 0 Å². The number of likely N-dealkylation sites (N-methyl/N-ethyl adjacent to an activating group) is 2. The van der Waals surface area contributed by atoms with Gasteiger partial charge in [-0.3, -0.25) is 0 Å². The first kappa shape index (κ1) is 43.9. The molecule has 0 aromatic carbocycles. The van der Waals surface area contributed by atoms with E-state index >= 15 is 0 Å². The zero-order valence-corrected chi connectivity index (χ0v) is 29.1. The Morgan fingerprint density at radius 1 is 0.359 bits per heavy atom. The molecule has 0 radical (unpaired) electrons. The molecule has 39 heavy (non-hydrogen) atoms. The SMILES string of the molecule is CCCCCCCCCCCC[N+](C)(C)CCOCOCC[N+](C)(C)CCCCCCCCCCCC.[Cl-].[Cl-]. The van der Waals surface area contributed by atoms with Crippen molar-refractivity contribution in [2.75, 3.05) is 74.4 Å². The maximum absolute atomic E-state index is 5.81. The van der Waals surface area contributed by atoms with Crippen LogP contribution in [0.3, 0.4) is 0 Å². The third-order valence-electron chi connectivity index (χ3n) is 8.08. The Labute approximate surface area is 259 Å². The maximum atomic E-state index is 5.81. The van der Waals surface area contributed by atoms with Crippen LogP contribution in [0, 0.1) is 0 Å². The third kappa shape index (κ3) is 34.5. The van der Waals surface area contributed by atoms with E-state index in [-0.39, 0.29) is 24.8 Å². The van der Waals surface area contributed by atoms with Crippen molar-refractivity contribution in [2.45, 2.75) is 142 Å². The molecule has 0 saturated heterocycles. The van der Waals surface area contributed by atoms with Gasteiger partial charge in [-0.15, -0.1) is 0 Å². The first-order valence-electron chi connectivity index (χ1n) is 16.6. The molecule has 0 fully saturated rings. The lowest BCUT2D eigenvalue weighted by molar-refractivity contribution is -0.891. The number of quaternary nitrogens is 2. The van der Waals surface area contributed by atoms with Gasteiger partial charge in [-0.2, -0.15) is 0 Å². The number of halogens is 2. The van der Waals surface area contributed by atoms with E-state index in [1.54, 1.807) is 0 Å². The van der Waals surface area contributed by atoms with E-state index in [4.69, 9.17) is 9.47 Å². The van der Waals surface area contributed by atoms with Crippen molar-refractivity contribution in [2.24, 2.45) is 0 Å². The minimum absolute atomic E-state index is 0. The van der Waals surface area contributed by atoms with Crippen LogP contribution in [0.2, 0.25) is 0 Å². The summed E-state index contributed by atoms with van der Waals surface area (Å²) in [6.45, 7) is 11.3. The predicted molar refractivity (Wildman–Crippen MR) is 164 cm³/mol. The molecule has 6 heteroatoms. The van der Waals surface area contributed by atoms with Gasteiger partial charge in [0.2, 0.25) is 0 Å². The molecule has 0 aliphatic heterocycles. The van der Waals surface area contributed by atoms with Crippen molar-refractivity contribution < 1.29 is 43.3 Å². The second-order valence-electron chi connectivity index (χ2n) is 13.1. The van der Waals surface area contributed by atoms with Gasteiger partial charge in [0.1, 0.15) is 19.9 Å². The van der Waals surface area contributed by atoms with Gasteiger partial charge in [0.05, 0.1) is 54.5 Å². The Bertz CT molecular complexity index is 425. The Balaban J connectivity index is -0.00000648. The van der Waals surface area contributed by atoms with Crippen molar-refractivity contribution in [3.05, 3.63) is 0 Å². The third-order valence-corrected chi connectivity index (χ3v) is 8.08. The molecule has 0 aliphatic carbocycles. The molecule has 0 atom stereocenters. The van der Waals surface area contributed by atoms with Crippen LogP contribution in [0.4, 0.5) is 0 Å². The van der Waals surface area contributed by atoms with Gasteiger partial charge in [0.15, 0.2) is 0 Å². The van der Waals surface area contributed by atoms with Gasteiger partial charge in [0, 0.05) is 0 Å². The summed E-state index contributed by atoms with van der Waals surface area (Å²) in [6.07, 6.45) is 28.2. The van der Waals surface area contributed by atoms with E-state index in [0.29, 0.717) is 6.79 Å². The van der Waals surface area contributed by atoms with Crippen LogP contribution in [0.15, 0.2) is 0 Å². The van der Waals surface area contributed by atoms with Gasteiger partial charge >= 0.3 is 0 Å². The summed E-state index contributed by atoms with van der Waals surface area (Å²) in [4.78, 5) is 0. The van der Waals surface area contributed by atoms with Gasteiger partial charge < -0.3 is 43.3 Å². The molecule has 4 nitrogen and oxygen atoms in total. The highest BCUT2D eigenvalue weighted by Crippen LogP contribution is 2.13. The number of unbranched alkanes of at least 4 members (excludes halogenated alkanes) is 18. The molecule has 0 amide bonds. The minimum Gasteiger partial charge on any atom is -1.00 e. The highest BCUT2D eigenvalue weighted by molar-refractivity contribution is 4.49. The molecule has 240 valence electrons. The fourth-order valence-corrected chi connectivity index (χ4v) is 5.08.